The van der Waals surface area contributed by atoms with Gasteiger partial charge in [0.05, 0.1) is 5.41 Å². The molecule has 0 aromatic rings. The van der Waals surface area contributed by atoms with E-state index in [4.69, 9.17) is 0 Å². The van der Waals surface area contributed by atoms with Gasteiger partial charge in [-0.3, -0.25) is 9.59 Å². The average Bonchev–Trinajstić information content (AvgIpc) is 1.85. The van der Waals surface area contributed by atoms with E-state index in [1.807, 2.05) is 0 Å². The van der Waals surface area contributed by atoms with E-state index >= 15 is 0 Å². The Hall–Kier alpha value is -1.19. The third kappa shape index (κ3) is 3.27. The molecule has 0 saturated heterocycles. The summed E-state index contributed by atoms with van der Waals surface area (Å²) in [4.78, 5) is 32.0. The van der Waals surface area contributed by atoms with Crippen molar-refractivity contribution < 1.29 is 19.1 Å². The zero-order chi connectivity index (χ0) is 9.94. The molecule has 12 heavy (non-hydrogen) atoms. The molecule has 0 bridgehead atoms. The highest BCUT2D eigenvalue weighted by Crippen LogP contribution is 2.14. The van der Waals surface area contributed by atoms with E-state index in [-0.39, 0.29) is 0 Å². The fourth-order valence-electron chi connectivity index (χ4n) is 0.309. The number of carbonyl (C=O) groups excluding carboxylic acids is 3. The molecule has 4 nitrogen and oxygen atoms in total. The van der Waals surface area contributed by atoms with Crippen LogP contribution in [0.25, 0.3) is 0 Å². The zero-order valence-corrected chi connectivity index (χ0v) is 7.63. The Kier molecular flexibility index (Phi) is 3.13. The van der Waals surface area contributed by atoms with Crippen LogP contribution in [0.15, 0.2) is 0 Å². The maximum atomic E-state index is 11.0. The normalized spacial score (nSPS) is 10.7. The van der Waals surface area contributed by atoms with Crippen molar-refractivity contribution in [2.75, 3.05) is 0 Å². The van der Waals surface area contributed by atoms with Gasteiger partial charge in [-0.05, 0) is 20.8 Å². The highest BCUT2D eigenvalue weighted by atomic mass is 16.6. The fourth-order valence-corrected chi connectivity index (χ4v) is 0.309. The monoisotopic (exact) mass is 172 g/mol. The first-order valence-electron chi connectivity index (χ1n) is 3.52. The predicted molar refractivity (Wildman–Crippen MR) is 41.2 cm³/mol. The predicted octanol–water partition coefficient (Wildman–Crippen LogP) is 0.691. The van der Waals surface area contributed by atoms with Crippen molar-refractivity contribution in [3.63, 3.8) is 0 Å². The van der Waals surface area contributed by atoms with Crippen LogP contribution in [-0.2, 0) is 19.1 Å². The van der Waals surface area contributed by atoms with E-state index in [1.165, 1.54) is 0 Å². The molecule has 4 heteroatoms. The van der Waals surface area contributed by atoms with Gasteiger partial charge in [0, 0.05) is 6.92 Å². The second kappa shape index (κ2) is 3.47. The minimum atomic E-state index is -1.10. The highest BCUT2D eigenvalue weighted by Gasteiger charge is 2.26. The minimum Gasteiger partial charge on any atom is -0.387 e. The zero-order valence-electron chi connectivity index (χ0n) is 7.63. The number of hydrogen-bond donors (Lipinski definition) is 0. The molecule has 0 radical (unpaired) electrons. The van der Waals surface area contributed by atoms with Crippen LogP contribution >= 0.6 is 0 Å². The highest BCUT2D eigenvalue weighted by molar-refractivity contribution is 6.34. The summed E-state index contributed by atoms with van der Waals surface area (Å²) >= 11 is 0. The Balaban J connectivity index is 4.21. The fraction of sp³-hybridized carbons (Fsp3) is 0.625. The molecule has 0 aliphatic rings. The first-order valence-corrected chi connectivity index (χ1v) is 3.52. The first-order chi connectivity index (χ1) is 5.25. The van der Waals surface area contributed by atoms with Gasteiger partial charge in [0.2, 0.25) is 5.78 Å². The van der Waals surface area contributed by atoms with E-state index in [9.17, 15) is 14.4 Å². The summed E-state index contributed by atoms with van der Waals surface area (Å²) in [6.45, 7) is 5.85. The van der Waals surface area contributed by atoms with Gasteiger partial charge in [-0.2, -0.15) is 0 Å². The van der Waals surface area contributed by atoms with Crippen LogP contribution in [0.3, 0.4) is 0 Å². The van der Waals surface area contributed by atoms with Crippen molar-refractivity contribution in [1.82, 2.24) is 0 Å². The van der Waals surface area contributed by atoms with E-state index in [0.29, 0.717) is 0 Å². The van der Waals surface area contributed by atoms with E-state index in [2.05, 4.69) is 4.74 Å². The maximum Gasteiger partial charge on any atom is 0.381 e. The summed E-state index contributed by atoms with van der Waals surface area (Å²) in [5, 5.41) is 0. The van der Waals surface area contributed by atoms with Crippen molar-refractivity contribution in [3.8, 4) is 0 Å². The Morgan fingerprint density at radius 1 is 1.08 bits per heavy atom. The Morgan fingerprint density at radius 2 is 1.50 bits per heavy atom. The third-order valence-electron chi connectivity index (χ3n) is 1.09. The molecule has 0 rings (SSSR count). The summed E-state index contributed by atoms with van der Waals surface area (Å²) in [7, 11) is 0. The molecule has 68 valence electrons. The van der Waals surface area contributed by atoms with Gasteiger partial charge in [0.15, 0.2) is 0 Å². The van der Waals surface area contributed by atoms with Gasteiger partial charge in [-0.15, -0.1) is 0 Å². The maximum absolute atomic E-state index is 11.0. The van der Waals surface area contributed by atoms with Gasteiger partial charge in [-0.25, -0.2) is 4.79 Å². The van der Waals surface area contributed by atoms with Crippen molar-refractivity contribution >= 4 is 17.7 Å². The molecule has 0 aromatic carbocycles. The van der Waals surface area contributed by atoms with Crippen molar-refractivity contribution in [2.24, 2.45) is 5.41 Å². The Labute approximate surface area is 70.9 Å². The molecule has 0 saturated carbocycles. The van der Waals surface area contributed by atoms with Gasteiger partial charge in [0.1, 0.15) is 0 Å². The van der Waals surface area contributed by atoms with Crippen LogP contribution in [0.4, 0.5) is 0 Å². The average molecular weight is 172 g/mol. The number of esters is 2. The smallest absolute Gasteiger partial charge is 0.381 e. The number of carbonyl (C=O) groups is 3. The van der Waals surface area contributed by atoms with Crippen molar-refractivity contribution in [2.45, 2.75) is 27.7 Å². The largest absolute Gasteiger partial charge is 0.387 e. The Morgan fingerprint density at radius 3 is 1.75 bits per heavy atom. The summed E-state index contributed by atoms with van der Waals surface area (Å²) in [5.74, 6) is -2.56. The number of Topliss-reactive ketones (excluding diaryl/α,β-unsaturated/α-hetero) is 1. The lowest BCUT2D eigenvalue weighted by atomic mass is 9.97. The molecular weight excluding hydrogens is 160 g/mol. The van der Waals surface area contributed by atoms with Gasteiger partial charge < -0.3 is 4.74 Å². The lowest BCUT2D eigenvalue weighted by molar-refractivity contribution is -0.168. The number of hydrogen-bond acceptors (Lipinski definition) is 4. The summed E-state index contributed by atoms with van der Waals surface area (Å²) in [6.07, 6.45) is 0. The van der Waals surface area contributed by atoms with Crippen LogP contribution in [-0.4, -0.2) is 17.7 Å². The molecular formula is C8H12O4. The lowest BCUT2D eigenvalue weighted by Gasteiger charge is -2.14. The molecule has 0 aliphatic carbocycles. The van der Waals surface area contributed by atoms with Gasteiger partial charge in [0.25, 0.3) is 0 Å². The van der Waals surface area contributed by atoms with Crippen molar-refractivity contribution in [3.05, 3.63) is 0 Å². The number of ether oxygens (including phenoxy) is 1. The Bertz CT molecular complexity index is 222. The molecule has 0 aromatic heterocycles. The molecule has 0 amide bonds. The molecule has 0 unspecified atom stereocenters. The lowest BCUT2D eigenvalue weighted by Crippen LogP contribution is -2.28. The summed E-state index contributed by atoms with van der Waals surface area (Å²) < 4.78 is 4.25. The minimum absolute atomic E-state index is 0.692. The van der Waals surface area contributed by atoms with E-state index in [0.717, 1.165) is 6.92 Å². The van der Waals surface area contributed by atoms with Crippen molar-refractivity contribution in [1.29, 1.82) is 0 Å². The SMILES string of the molecule is CC(=O)C(=O)OC(=O)C(C)(C)C. The van der Waals surface area contributed by atoms with Crippen LogP contribution in [0.5, 0.6) is 0 Å². The second-order valence-electron chi connectivity index (χ2n) is 3.48. The van der Waals surface area contributed by atoms with Crippen LogP contribution in [0, 0.1) is 5.41 Å². The van der Waals surface area contributed by atoms with Crippen LogP contribution in [0.1, 0.15) is 27.7 Å². The first kappa shape index (κ1) is 10.8. The van der Waals surface area contributed by atoms with E-state index < -0.39 is 23.1 Å². The van der Waals surface area contributed by atoms with Gasteiger partial charge in [-0.1, -0.05) is 0 Å². The quantitative estimate of drug-likeness (QED) is 0.331. The number of ketones is 1. The molecule has 0 heterocycles. The topological polar surface area (TPSA) is 60.4 Å². The van der Waals surface area contributed by atoms with Crippen LogP contribution in [0.2, 0.25) is 0 Å². The summed E-state index contributed by atoms with van der Waals surface area (Å²) in [5.41, 5.74) is -0.759. The second-order valence-corrected chi connectivity index (χ2v) is 3.48. The molecule has 0 spiro atoms. The van der Waals surface area contributed by atoms with Crippen LogP contribution < -0.4 is 0 Å². The summed E-state index contributed by atoms with van der Waals surface area (Å²) in [6, 6.07) is 0. The molecule has 0 fully saturated rings. The van der Waals surface area contributed by atoms with E-state index in [1.54, 1.807) is 20.8 Å². The number of rotatable bonds is 1. The molecule has 0 N–H and O–H groups in total. The molecule has 0 atom stereocenters. The standard InChI is InChI=1S/C8H12O4/c1-5(9)6(10)12-7(11)8(2,3)4/h1-4H3. The van der Waals surface area contributed by atoms with Gasteiger partial charge >= 0.3 is 11.9 Å². The molecule has 0 aliphatic heterocycles. The third-order valence-corrected chi connectivity index (χ3v) is 1.09.